The molecule has 0 aliphatic rings. The molecule has 0 saturated heterocycles. The molecule has 0 aliphatic carbocycles. The zero-order valence-corrected chi connectivity index (χ0v) is 6.20. The van der Waals surface area contributed by atoms with Gasteiger partial charge in [0.15, 0.2) is 0 Å². The molecule has 0 aliphatic heterocycles. The summed E-state index contributed by atoms with van der Waals surface area (Å²) in [6, 6.07) is 0. The summed E-state index contributed by atoms with van der Waals surface area (Å²) < 4.78 is 3.46. The zero-order chi connectivity index (χ0) is 3.54. The third kappa shape index (κ3) is 1.87. The standard InChI is InChI=1S/C2HN2S.Na/c1-2-5-4-3-1;/h2H;/q-1;+1. The average Bonchev–Trinajstić information content (AvgIpc) is 1.76. The van der Waals surface area contributed by atoms with Crippen molar-refractivity contribution in [2.75, 3.05) is 0 Å². The maximum atomic E-state index is 3.46. The SMILES string of the molecule is [Na+].[c-]1csnn1. The molecular weight excluding hydrogens is 107 g/mol. The van der Waals surface area contributed by atoms with E-state index in [1.165, 1.54) is 11.5 Å². The van der Waals surface area contributed by atoms with Gasteiger partial charge in [0.05, 0.1) is 0 Å². The predicted octanol–water partition coefficient (Wildman–Crippen LogP) is -2.66. The van der Waals surface area contributed by atoms with Gasteiger partial charge < -0.3 is 11.3 Å². The fourth-order valence-electron chi connectivity index (χ4n) is 0.118. The molecule has 4 heteroatoms. The van der Waals surface area contributed by atoms with Crippen LogP contribution in [0.15, 0.2) is 5.38 Å². The predicted molar refractivity (Wildman–Crippen MR) is 18.7 cm³/mol. The molecule has 1 heterocycles. The average molecular weight is 108 g/mol. The van der Waals surface area contributed by atoms with Gasteiger partial charge in [0, 0.05) is 0 Å². The first-order valence-electron chi connectivity index (χ1n) is 1.13. The van der Waals surface area contributed by atoms with Crippen molar-refractivity contribution in [3.05, 3.63) is 11.6 Å². The molecule has 1 aromatic heterocycles. The van der Waals surface area contributed by atoms with Crippen molar-refractivity contribution in [1.82, 2.24) is 9.59 Å². The van der Waals surface area contributed by atoms with E-state index in [1.807, 2.05) is 0 Å². The fourth-order valence-corrected chi connectivity index (χ4v) is 0.354. The summed E-state index contributed by atoms with van der Waals surface area (Å²) in [7, 11) is 0. The Bertz CT molecular complexity index is 68.0. The Morgan fingerprint density at radius 3 is 2.67 bits per heavy atom. The Morgan fingerprint density at radius 2 is 2.50 bits per heavy atom. The van der Waals surface area contributed by atoms with Crippen LogP contribution in [0.25, 0.3) is 0 Å². The summed E-state index contributed by atoms with van der Waals surface area (Å²) in [4.78, 5) is 0. The maximum absolute atomic E-state index is 3.46. The van der Waals surface area contributed by atoms with E-state index in [1.54, 1.807) is 5.38 Å². The van der Waals surface area contributed by atoms with Crippen LogP contribution in [0.3, 0.4) is 0 Å². The molecule has 0 atom stereocenters. The Labute approximate surface area is 62.0 Å². The van der Waals surface area contributed by atoms with Crippen molar-refractivity contribution < 1.29 is 29.6 Å². The van der Waals surface area contributed by atoms with E-state index in [9.17, 15) is 0 Å². The van der Waals surface area contributed by atoms with Gasteiger partial charge in [-0.3, -0.25) is 0 Å². The first kappa shape index (κ1) is 6.56. The van der Waals surface area contributed by atoms with E-state index >= 15 is 0 Å². The Balaban J connectivity index is 0.000000250. The number of hydrogen-bond acceptors (Lipinski definition) is 3. The third-order valence-electron chi connectivity index (χ3n) is 0.251. The molecule has 0 saturated carbocycles. The van der Waals surface area contributed by atoms with E-state index in [0.29, 0.717) is 0 Å². The van der Waals surface area contributed by atoms with Crippen molar-refractivity contribution in [1.29, 1.82) is 0 Å². The molecule has 0 amide bonds. The molecule has 6 heavy (non-hydrogen) atoms. The zero-order valence-electron chi connectivity index (χ0n) is 3.38. The van der Waals surface area contributed by atoms with Gasteiger partial charge in [-0.2, -0.15) is 5.38 Å². The van der Waals surface area contributed by atoms with E-state index in [4.69, 9.17) is 0 Å². The molecule has 0 bridgehead atoms. The molecule has 0 radical (unpaired) electrons. The van der Waals surface area contributed by atoms with Crippen LogP contribution in [0.5, 0.6) is 0 Å². The van der Waals surface area contributed by atoms with E-state index in [2.05, 4.69) is 15.8 Å². The van der Waals surface area contributed by atoms with Crippen LogP contribution in [0.4, 0.5) is 0 Å². The fraction of sp³-hybridized carbons (Fsp3) is 0. The number of aromatic nitrogens is 2. The second kappa shape index (κ2) is 3.74. The number of hydrogen-bond donors (Lipinski definition) is 0. The van der Waals surface area contributed by atoms with Crippen LogP contribution in [0.2, 0.25) is 0 Å². The summed E-state index contributed by atoms with van der Waals surface area (Å²) in [6.07, 6.45) is 2.52. The first-order chi connectivity index (χ1) is 2.50. The molecule has 2 nitrogen and oxygen atoms in total. The van der Waals surface area contributed by atoms with Crippen molar-refractivity contribution in [3.63, 3.8) is 0 Å². The Hall–Kier alpha value is 0.560. The van der Waals surface area contributed by atoms with Crippen LogP contribution < -0.4 is 29.6 Å². The van der Waals surface area contributed by atoms with E-state index in [-0.39, 0.29) is 29.6 Å². The van der Waals surface area contributed by atoms with Gasteiger partial charge in [-0.1, -0.05) is 11.5 Å². The summed E-state index contributed by atoms with van der Waals surface area (Å²) in [5.74, 6) is 0. The van der Waals surface area contributed by atoms with Gasteiger partial charge in [0.25, 0.3) is 0 Å². The largest absolute Gasteiger partial charge is 1.00 e. The third-order valence-corrected chi connectivity index (χ3v) is 0.638. The summed E-state index contributed by atoms with van der Waals surface area (Å²) in [5, 5.41) is 5.06. The van der Waals surface area contributed by atoms with Crippen LogP contribution in [-0.4, -0.2) is 9.59 Å². The summed E-state index contributed by atoms with van der Waals surface area (Å²) >= 11 is 1.30. The topological polar surface area (TPSA) is 25.8 Å². The number of rotatable bonds is 0. The first-order valence-corrected chi connectivity index (χ1v) is 1.97. The van der Waals surface area contributed by atoms with E-state index in [0.717, 1.165) is 0 Å². The molecule has 26 valence electrons. The molecule has 1 aromatic rings. The van der Waals surface area contributed by atoms with Crippen molar-refractivity contribution in [2.45, 2.75) is 0 Å². The molecule has 0 N–H and O–H groups in total. The van der Waals surface area contributed by atoms with Crippen LogP contribution in [0.1, 0.15) is 0 Å². The van der Waals surface area contributed by atoms with Crippen LogP contribution >= 0.6 is 11.5 Å². The van der Waals surface area contributed by atoms with Gasteiger partial charge in [0.1, 0.15) is 0 Å². The van der Waals surface area contributed by atoms with Gasteiger partial charge in [-0.25, -0.2) is 0 Å². The summed E-state index contributed by atoms with van der Waals surface area (Å²) in [6.45, 7) is 0. The second-order valence-electron chi connectivity index (χ2n) is 0.534. The Morgan fingerprint density at radius 1 is 1.67 bits per heavy atom. The van der Waals surface area contributed by atoms with E-state index < -0.39 is 0 Å². The molecule has 0 aromatic carbocycles. The second-order valence-corrected chi connectivity index (χ2v) is 1.14. The normalized spacial score (nSPS) is 6.67. The van der Waals surface area contributed by atoms with Crippen molar-refractivity contribution in [2.24, 2.45) is 0 Å². The smallest absolute Gasteiger partial charge is 0.359 e. The number of nitrogens with zero attached hydrogens (tertiary/aromatic N) is 2. The monoisotopic (exact) mass is 108 g/mol. The Kier molecular flexibility index (Phi) is 4.09. The minimum absolute atomic E-state index is 0. The quantitative estimate of drug-likeness (QED) is 0.268. The van der Waals surface area contributed by atoms with Crippen LogP contribution in [-0.2, 0) is 0 Å². The minimum atomic E-state index is 0. The van der Waals surface area contributed by atoms with Crippen LogP contribution in [0, 0.1) is 6.20 Å². The van der Waals surface area contributed by atoms with Crippen molar-refractivity contribution >= 4 is 11.5 Å². The molecule has 0 unspecified atom stereocenters. The maximum Gasteiger partial charge on any atom is 1.00 e. The minimum Gasteiger partial charge on any atom is -0.359 e. The summed E-state index contributed by atoms with van der Waals surface area (Å²) in [5.41, 5.74) is 0. The molecule has 0 fully saturated rings. The molecule has 0 spiro atoms. The van der Waals surface area contributed by atoms with Gasteiger partial charge in [-0.05, 0) is 0 Å². The van der Waals surface area contributed by atoms with Gasteiger partial charge in [-0.15, -0.1) is 4.49 Å². The van der Waals surface area contributed by atoms with Gasteiger partial charge in [0.2, 0.25) is 0 Å². The van der Waals surface area contributed by atoms with Gasteiger partial charge >= 0.3 is 29.6 Å². The van der Waals surface area contributed by atoms with Crippen molar-refractivity contribution in [3.8, 4) is 0 Å². The molecular formula is C2HN2NaS. The molecule has 1 rings (SSSR count).